The second-order valence-electron chi connectivity index (χ2n) is 3.43. The van der Waals surface area contributed by atoms with E-state index < -0.39 is 0 Å². The molecule has 1 aliphatic rings. The fraction of sp³-hybridized carbons (Fsp3) is 0.200. The Morgan fingerprint density at radius 2 is 2.20 bits per heavy atom. The molecule has 1 aliphatic heterocycles. The lowest BCUT2D eigenvalue weighted by Gasteiger charge is -1.96. The Kier molecular flexibility index (Phi) is 2.07. The fourth-order valence-corrected chi connectivity index (χ4v) is 1.43. The number of amides is 1. The maximum Gasteiger partial charge on any atom is 0.273 e. The molecule has 15 heavy (non-hydrogen) atoms. The topological polar surface area (TPSA) is 77.5 Å². The Labute approximate surface area is 86.5 Å². The minimum atomic E-state index is -0.243. The molecular formula is C10H11N3O2. The Morgan fingerprint density at radius 1 is 1.47 bits per heavy atom. The van der Waals surface area contributed by atoms with Gasteiger partial charge in [0.1, 0.15) is 0 Å². The van der Waals surface area contributed by atoms with Crippen molar-refractivity contribution in [1.82, 2.24) is 10.4 Å². The third-order valence-electron chi connectivity index (χ3n) is 2.35. The number of aromatic hydroxyl groups is 1. The van der Waals surface area contributed by atoms with E-state index in [0.717, 1.165) is 5.56 Å². The number of hydrazone groups is 1. The highest BCUT2D eigenvalue weighted by Gasteiger charge is 2.19. The Bertz CT molecular complexity index is 463. The molecule has 0 radical (unpaired) electrons. The molecule has 78 valence electrons. The van der Waals surface area contributed by atoms with Crippen LogP contribution in [0.4, 0.5) is 0 Å². The Morgan fingerprint density at radius 3 is 2.67 bits per heavy atom. The lowest BCUT2D eigenvalue weighted by Crippen LogP contribution is -2.12. The number of hydrogen-bond acceptors (Lipinski definition) is 3. The molecule has 0 atom stereocenters. The van der Waals surface area contributed by atoms with E-state index in [2.05, 4.69) is 15.5 Å². The van der Waals surface area contributed by atoms with Gasteiger partial charge in [-0.2, -0.15) is 5.10 Å². The van der Waals surface area contributed by atoms with Crippen LogP contribution >= 0.6 is 0 Å². The molecule has 0 saturated carbocycles. The number of nitrogens with zero attached hydrogens (tertiary/aromatic N) is 1. The summed E-state index contributed by atoms with van der Waals surface area (Å²) in [6.07, 6.45) is 3.31. The minimum absolute atomic E-state index is 0.0625. The first-order valence-corrected chi connectivity index (χ1v) is 4.53. The van der Waals surface area contributed by atoms with Crippen LogP contribution in [0, 0.1) is 6.92 Å². The summed E-state index contributed by atoms with van der Waals surface area (Å²) in [6.45, 7) is 3.59. The van der Waals surface area contributed by atoms with Gasteiger partial charge < -0.3 is 10.1 Å². The molecule has 0 unspecified atom stereocenters. The maximum atomic E-state index is 11.3. The van der Waals surface area contributed by atoms with Crippen LogP contribution in [-0.4, -0.2) is 21.7 Å². The average Bonchev–Trinajstić information content (AvgIpc) is 2.67. The van der Waals surface area contributed by atoms with E-state index >= 15 is 0 Å². The number of aryl methyl sites for hydroxylation is 1. The van der Waals surface area contributed by atoms with Crippen LogP contribution in [0.3, 0.4) is 0 Å². The average molecular weight is 205 g/mol. The highest BCUT2D eigenvalue weighted by molar-refractivity contribution is 6.26. The van der Waals surface area contributed by atoms with Gasteiger partial charge in [-0.05, 0) is 25.5 Å². The van der Waals surface area contributed by atoms with Crippen molar-refractivity contribution in [3.8, 4) is 5.88 Å². The molecule has 0 fully saturated rings. The lowest BCUT2D eigenvalue weighted by molar-refractivity contribution is -0.116. The Balaban J connectivity index is 2.47. The van der Waals surface area contributed by atoms with E-state index in [1.54, 1.807) is 19.2 Å². The van der Waals surface area contributed by atoms with Crippen molar-refractivity contribution in [1.29, 1.82) is 0 Å². The first-order valence-electron chi connectivity index (χ1n) is 4.53. The van der Waals surface area contributed by atoms with Gasteiger partial charge in [-0.3, -0.25) is 4.79 Å². The van der Waals surface area contributed by atoms with Gasteiger partial charge in [0.05, 0.1) is 11.3 Å². The third-order valence-corrected chi connectivity index (χ3v) is 2.35. The fourth-order valence-electron chi connectivity index (χ4n) is 1.43. The molecule has 0 spiro atoms. The van der Waals surface area contributed by atoms with Gasteiger partial charge in [0.2, 0.25) is 0 Å². The summed E-state index contributed by atoms with van der Waals surface area (Å²) in [7, 11) is 0. The predicted molar refractivity (Wildman–Crippen MR) is 56.4 cm³/mol. The summed E-state index contributed by atoms with van der Waals surface area (Å²) in [5, 5.41) is 13.3. The van der Waals surface area contributed by atoms with Gasteiger partial charge in [-0.15, -0.1) is 0 Å². The lowest BCUT2D eigenvalue weighted by atomic mass is 10.1. The van der Waals surface area contributed by atoms with Crippen LogP contribution < -0.4 is 5.43 Å². The van der Waals surface area contributed by atoms with Crippen LogP contribution in [0.1, 0.15) is 18.1 Å². The normalized spacial score (nSPS) is 18.1. The van der Waals surface area contributed by atoms with Crippen LogP contribution in [-0.2, 0) is 4.79 Å². The second-order valence-corrected chi connectivity index (χ2v) is 3.43. The van der Waals surface area contributed by atoms with Crippen molar-refractivity contribution in [2.24, 2.45) is 5.10 Å². The highest BCUT2D eigenvalue weighted by Crippen LogP contribution is 2.23. The molecule has 0 bridgehead atoms. The summed E-state index contributed by atoms with van der Waals surface area (Å²) in [6, 6.07) is 0. The van der Waals surface area contributed by atoms with Crippen LogP contribution in [0.2, 0.25) is 0 Å². The van der Waals surface area contributed by atoms with E-state index in [1.807, 2.05) is 6.92 Å². The van der Waals surface area contributed by atoms with Gasteiger partial charge in [-0.25, -0.2) is 5.43 Å². The second kappa shape index (κ2) is 3.27. The summed E-state index contributed by atoms with van der Waals surface area (Å²) >= 11 is 0. The molecule has 0 aromatic carbocycles. The van der Waals surface area contributed by atoms with Crippen LogP contribution in [0.5, 0.6) is 5.88 Å². The standard InChI is InChI=1S/C10H11N3O2/c1-5-4-11-9(14)7(5)3-8-6(2)12-13-10(8)15/h3-4,11,14H,1-2H3,(H,13,15). The molecule has 0 aliphatic carbocycles. The summed E-state index contributed by atoms with van der Waals surface area (Å²) in [4.78, 5) is 14.0. The summed E-state index contributed by atoms with van der Waals surface area (Å²) in [5.41, 5.74) is 4.97. The zero-order valence-corrected chi connectivity index (χ0v) is 8.46. The van der Waals surface area contributed by atoms with E-state index in [9.17, 15) is 9.90 Å². The number of H-pyrrole nitrogens is 1. The molecule has 5 nitrogen and oxygen atoms in total. The van der Waals surface area contributed by atoms with Gasteiger partial charge in [0.25, 0.3) is 5.91 Å². The molecule has 1 aromatic heterocycles. The molecule has 5 heteroatoms. The Hall–Kier alpha value is -2.04. The monoisotopic (exact) mass is 205 g/mol. The smallest absolute Gasteiger partial charge is 0.273 e. The first kappa shape index (κ1) is 9.51. The predicted octanol–water partition coefficient (Wildman–Crippen LogP) is 0.918. The first-order chi connectivity index (χ1) is 7.09. The largest absolute Gasteiger partial charge is 0.494 e. The SMILES string of the molecule is CC1=NNC(=O)C1=Cc1c(C)c[nH]c1O. The van der Waals surface area contributed by atoms with Crippen LogP contribution in [0.25, 0.3) is 6.08 Å². The zero-order chi connectivity index (χ0) is 11.0. The third kappa shape index (κ3) is 1.52. The van der Waals surface area contributed by atoms with Crippen LogP contribution in [0.15, 0.2) is 16.9 Å². The number of carbonyl (C=O) groups is 1. The van der Waals surface area contributed by atoms with E-state index in [0.29, 0.717) is 16.8 Å². The number of carbonyl (C=O) groups excluding carboxylic acids is 1. The van der Waals surface area contributed by atoms with E-state index in [1.165, 1.54) is 0 Å². The minimum Gasteiger partial charge on any atom is -0.494 e. The molecule has 2 rings (SSSR count). The molecule has 1 amide bonds. The van der Waals surface area contributed by atoms with Crippen molar-refractivity contribution in [2.45, 2.75) is 13.8 Å². The maximum absolute atomic E-state index is 11.3. The molecular weight excluding hydrogens is 194 g/mol. The van der Waals surface area contributed by atoms with Gasteiger partial charge >= 0.3 is 0 Å². The summed E-state index contributed by atoms with van der Waals surface area (Å²) in [5.74, 6) is -0.181. The molecule has 3 N–H and O–H groups in total. The number of aromatic amines is 1. The van der Waals surface area contributed by atoms with E-state index in [4.69, 9.17) is 0 Å². The summed E-state index contributed by atoms with van der Waals surface area (Å²) < 4.78 is 0. The van der Waals surface area contributed by atoms with Crippen molar-refractivity contribution in [3.63, 3.8) is 0 Å². The molecule has 1 aromatic rings. The van der Waals surface area contributed by atoms with Gasteiger partial charge in [0, 0.05) is 11.8 Å². The number of rotatable bonds is 1. The van der Waals surface area contributed by atoms with Gasteiger partial charge in [-0.1, -0.05) is 0 Å². The number of hydrogen-bond donors (Lipinski definition) is 3. The zero-order valence-electron chi connectivity index (χ0n) is 8.46. The quantitative estimate of drug-likeness (QED) is 0.596. The molecule has 2 heterocycles. The number of nitrogens with one attached hydrogen (secondary N) is 2. The van der Waals surface area contributed by atoms with Crippen molar-refractivity contribution in [2.75, 3.05) is 0 Å². The number of aromatic nitrogens is 1. The van der Waals surface area contributed by atoms with Crippen molar-refractivity contribution < 1.29 is 9.90 Å². The molecule has 0 saturated heterocycles. The van der Waals surface area contributed by atoms with E-state index in [-0.39, 0.29) is 11.8 Å². The van der Waals surface area contributed by atoms with Crippen molar-refractivity contribution >= 4 is 17.7 Å². The van der Waals surface area contributed by atoms with Gasteiger partial charge in [0.15, 0.2) is 5.88 Å². The van der Waals surface area contributed by atoms with Crippen molar-refractivity contribution in [3.05, 3.63) is 22.9 Å². The highest BCUT2D eigenvalue weighted by atomic mass is 16.3.